The Balaban J connectivity index is 2.41. The Morgan fingerprint density at radius 3 is 2.89 bits per heavy atom. The van der Waals surface area contributed by atoms with Crippen molar-refractivity contribution in [3.8, 4) is 5.75 Å². The van der Waals surface area contributed by atoms with Gasteiger partial charge in [-0.05, 0) is 43.8 Å². The van der Waals surface area contributed by atoms with E-state index in [0.29, 0.717) is 15.9 Å². The highest BCUT2D eigenvalue weighted by Crippen LogP contribution is 2.27. The minimum atomic E-state index is 0.539. The molecule has 0 aromatic heterocycles. The number of methoxy groups -OCH3 is 1. The van der Waals surface area contributed by atoms with E-state index in [0.717, 1.165) is 31.9 Å². The fourth-order valence-corrected chi connectivity index (χ4v) is 1.85. The maximum absolute atomic E-state index is 5.94. The summed E-state index contributed by atoms with van der Waals surface area (Å²) in [6.45, 7) is 4.20. The van der Waals surface area contributed by atoms with E-state index in [2.05, 4.69) is 10.6 Å². The monoisotopic (exact) mass is 302 g/mol. The zero-order chi connectivity index (χ0) is 14.1. The largest absolute Gasteiger partial charge is 0.495 e. The number of benzene rings is 1. The molecule has 6 heteroatoms. The summed E-state index contributed by atoms with van der Waals surface area (Å²) in [5.74, 6) is 0.697. The Morgan fingerprint density at radius 2 is 2.21 bits per heavy atom. The summed E-state index contributed by atoms with van der Waals surface area (Å²) in [7, 11) is 1.60. The second kappa shape index (κ2) is 8.96. The average molecular weight is 303 g/mol. The minimum absolute atomic E-state index is 0.539. The van der Waals surface area contributed by atoms with Gasteiger partial charge in [0.25, 0.3) is 0 Å². The van der Waals surface area contributed by atoms with Crippen LogP contribution < -0.4 is 15.4 Å². The predicted octanol–water partition coefficient (Wildman–Crippen LogP) is 3.06. The lowest BCUT2D eigenvalue weighted by atomic mass is 10.3. The van der Waals surface area contributed by atoms with Crippen LogP contribution in [0.5, 0.6) is 5.75 Å². The average Bonchev–Trinajstić information content (AvgIpc) is 2.39. The molecule has 0 heterocycles. The molecule has 0 aliphatic rings. The molecule has 0 spiro atoms. The van der Waals surface area contributed by atoms with Crippen molar-refractivity contribution in [3.63, 3.8) is 0 Å². The number of nitrogens with one attached hydrogen (secondary N) is 2. The first-order valence-electron chi connectivity index (χ1n) is 6.13. The van der Waals surface area contributed by atoms with Crippen molar-refractivity contribution in [1.82, 2.24) is 5.32 Å². The summed E-state index contributed by atoms with van der Waals surface area (Å²) < 4.78 is 10.5. The molecule has 0 amide bonds. The molecular formula is C13H19ClN2O2S. The zero-order valence-corrected chi connectivity index (χ0v) is 12.7. The minimum Gasteiger partial charge on any atom is -0.495 e. The third-order valence-electron chi connectivity index (χ3n) is 2.36. The van der Waals surface area contributed by atoms with Gasteiger partial charge in [-0.25, -0.2) is 0 Å². The molecule has 1 aromatic carbocycles. The SMILES string of the molecule is CCOCCCNC(=S)Nc1cc(Cl)ccc1OC. The third kappa shape index (κ3) is 6.09. The summed E-state index contributed by atoms with van der Waals surface area (Å²) in [5.41, 5.74) is 0.748. The van der Waals surface area contributed by atoms with E-state index in [1.807, 2.05) is 6.92 Å². The van der Waals surface area contributed by atoms with Crippen molar-refractivity contribution in [3.05, 3.63) is 23.2 Å². The molecular weight excluding hydrogens is 284 g/mol. The number of hydrogen-bond acceptors (Lipinski definition) is 3. The maximum Gasteiger partial charge on any atom is 0.170 e. The Bertz CT molecular complexity index is 416. The Labute approximate surface area is 124 Å². The molecule has 1 rings (SSSR count). The van der Waals surface area contributed by atoms with Gasteiger partial charge in [-0.1, -0.05) is 11.6 Å². The lowest BCUT2D eigenvalue weighted by Crippen LogP contribution is -2.30. The van der Waals surface area contributed by atoms with Gasteiger partial charge >= 0.3 is 0 Å². The summed E-state index contributed by atoms with van der Waals surface area (Å²) in [4.78, 5) is 0. The summed E-state index contributed by atoms with van der Waals surface area (Å²) >= 11 is 11.1. The molecule has 0 aliphatic heterocycles. The molecule has 0 atom stereocenters. The van der Waals surface area contributed by atoms with Crippen molar-refractivity contribution in [2.45, 2.75) is 13.3 Å². The first-order valence-corrected chi connectivity index (χ1v) is 6.92. The van der Waals surface area contributed by atoms with Crippen LogP contribution in [0.3, 0.4) is 0 Å². The molecule has 0 aliphatic carbocycles. The van der Waals surface area contributed by atoms with Crippen molar-refractivity contribution in [2.75, 3.05) is 32.2 Å². The van der Waals surface area contributed by atoms with Crippen molar-refractivity contribution < 1.29 is 9.47 Å². The normalized spacial score (nSPS) is 10.1. The van der Waals surface area contributed by atoms with Gasteiger partial charge in [-0.2, -0.15) is 0 Å². The lowest BCUT2D eigenvalue weighted by Gasteiger charge is -2.13. The first-order chi connectivity index (χ1) is 9.17. The number of thiocarbonyl (C=S) groups is 1. The Kier molecular flexibility index (Phi) is 7.55. The molecule has 19 heavy (non-hydrogen) atoms. The van der Waals surface area contributed by atoms with Gasteiger partial charge in [-0.3, -0.25) is 0 Å². The van der Waals surface area contributed by atoms with Gasteiger partial charge in [0.05, 0.1) is 12.8 Å². The fraction of sp³-hybridized carbons (Fsp3) is 0.462. The van der Waals surface area contributed by atoms with E-state index in [9.17, 15) is 0 Å². The predicted molar refractivity (Wildman–Crippen MR) is 83.3 cm³/mol. The van der Waals surface area contributed by atoms with Crippen LogP contribution in [-0.4, -0.2) is 32.0 Å². The highest BCUT2D eigenvalue weighted by atomic mass is 35.5. The highest BCUT2D eigenvalue weighted by Gasteiger charge is 2.05. The number of halogens is 1. The van der Waals surface area contributed by atoms with E-state index >= 15 is 0 Å². The maximum atomic E-state index is 5.94. The van der Waals surface area contributed by atoms with Crippen LogP contribution in [0.1, 0.15) is 13.3 Å². The van der Waals surface area contributed by atoms with E-state index in [1.54, 1.807) is 25.3 Å². The van der Waals surface area contributed by atoms with Crippen LogP contribution in [0.15, 0.2) is 18.2 Å². The van der Waals surface area contributed by atoms with Gasteiger partial charge in [0.15, 0.2) is 5.11 Å². The smallest absolute Gasteiger partial charge is 0.170 e. The van der Waals surface area contributed by atoms with Crippen LogP contribution in [0, 0.1) is 0 Å². The van der Waals surface area contributed by atoms with E-state index in [4.69, 9.17) is 33.3 Å². The number of hydrogen-bond donors (Lipinski definition) is 2. The Morgan fingerprint density at radius 1 is 1.42 bits per heavy atom. The molecule has 1 aromatic rings. The number of anilines is 1. The number of rotatable bonds is 7. The quantitative estimate of drug-likeness (QED) is 0.598. The summed E-state index contributed by atoms with van der Waals surface area (Å²) in [5, 5.41) is 7.33. The highest BCUT2D eigenvalue weighted by molar-refractivity contribution is 7.80. The molecule has 0 unspecified atom stereocenters. The van der Waals surface area contributed by atoms with Gasteiger partial charge in [-0.15, -0.1) is 0 Å². The van der Waals surface area contributed by atoms with E-state index < -0.39 is 0 Å². The van der Waals surface area contributed by atoms with Gasteiger partial charge in [0.1, 0.15) is 5.75 Å². The Hall–Kier alpha value is -1.04. The van der Waals surface area contributed by atoms with Crippen molar-refractivity contribution in [2.24, 2.45) is 0 Å². The van der Waals surface area contributed by atoms with Crippen LogP contribution in [0.4, 0.5) is 5.69 Å². The second-order valence-electron chi connectivity index (χ2n) is 3.78. The standard InChI is InChI=1S/C13H19ClN2O2S/c1-3-18-8-4-7-15-13(19)16-11-9-10(14)5-6-12(11)17-2/h5-6,9H,3-4,7-8H2,1-2H3,(H2,15,16,19). The van der Waals surface area contributed by atoms with Crippen molar-refractivity contribution in [1.29, 1.82) is 0 Å². The molecule has 106 valence electrons. The molecule has 4 nitrogen and oxygen atoms in total. The molecule has 0 saturated carbocycles. The summed E-state index contributed by atoms with van der Waals surface area (Å²) in [6.07, 6.45) is 0.905. The molecule has 0 bridgehead atoms. The van der Waals surface area contributed by atoms with Gasteiger partial charge in [0, 0.05) is 24.8 Å². The molecule has 0 fully saturated rings. The van der Waals surface area contributed by atoms with E-state index in [-0.39, 0.29) is 0 Å². The third-order valence-corrected chi connectivity index (χ3v) is 2.85. The van der Waals surface area contributed by atoms with Crippen LogP contribution >= 0.6 is 23.8 Å². The van der Waals surface area contributed by atoms with Crippen LogP contribution in [0.2, 0.25) is 5.02 Å². The summed E-state index contributed by atoms with van der Waals surface area (Å²) in [6, 6.07) is 5.33. The van der Waals surface area contributed by atoms with Crippen LogP contribution in [0.25, 0.3) is 0 Å². The molecule has 0 saturated heterocycles. The lowest BCUT2D eigenvalue weighted by molar-refractivity contribution is 0.146. The second-order valence-corrected chi connectivity index (χ2v) is 4.62. The molecule has 2 N–H and O–H groups in total. The molecule has 0 radical (unpaired) electrons. The fourth-order valence-electron chi connectivity index (χ4n) is 1.46. The first kappa shape index (κ1) is 16.0. The van der Waals surface area contributed by atoms with Gasteiger partial charge in [0.2, 0.25) is 0 Å². The van der Waals surface area contributed by atoms with Gasteiger partial charge < -0.3 is 20.1 Å². The van der Waals surface area contributed by atoms with E-state index in [1.165, 1.54) is 0 Å². The number of ether oxygens (including phenoxy) is 2. The zero-order valence-electron chi connectivity index (χ0n) is 11.2. The topological polar surface area (TPSA) is 42.5 Å². The van der Waals surface area contributed by atoms with Crippen LogP contribution in [-0.2, 0) is 4.74 Å². The van der Waals surface area contributed by atoms with Crippen molar-refractivity contribution >= 4 is 34.6 Å².